The first-order valence-electron chi connectivity index (χ1n) is 7.28. The van der Waals surface area contributed by atoms with Crippen LogP contribution in [0.15, 0.2) is 24.3 Å². The number of nitrogens with one attached hydrogen (secondary N) is 2. The van der Waals surface area contributed by atoms with Gasteiger partial charge in [-0.3, -0.25) is 4.79 Å². The summed E-state index contributed by atoms with van der Waals surface area (Å²) in [6, 6.07) is 6.76. The molecule has 1 heterocycles. The number of hydrogen-bond donors (Lipinski definition) is 2. The van der Waals surface area contributed by atoms with Crippen LogP contribution in [0.5, 0.6) is 5.75 Å². The van der Waals surface area contributed by atoms with Gasteiger partial charge in [-0.1, -0.05) is 18.5 Å². The molecule has 0 radical (unpaired) electrons. The Hall–Kier alpha value is -2.34. The van der Waals surface area contributed by atoms with Crippen LogP contribution < -0.4 is 15.4 Å². The molecule has 0 unspecified atom stereocenters. The Morgan fingerprint density at radius 1 is 1.30 bits per heavy atom. The summed E-state index contributed by atoms with van der Waals surface area (Å²) >= 11 is 6.06. The molecule has 1 aromatic heterocycles. The predicted molar refractivity (Wildman–Crippen MR) is 91.5 cm³/mol. The van der Waals surface area contributed by atoms with Gasteiger partial charge in [-0.2, -0.15) is 0 Å². The zero-order chi connectivity index (χ0) is 16.8. The van der Waals surface area contributed by atoms with Gasteiger partial charge in [0.25, 0.3) is 5.91 Å². The minimum Gasteiger partial charge on any atom is -0.495 e. The first kappa shape index (κ1) is 17.0. The second-order valence-corrected chi connectivity index (χ2v) is 5.39. The number of benzene rings is 1. The van der Waals surface area contributed by atoms with Gasteiger partial charge in [-0.25, -0.2) is 0 Å². The number of aromatic nitrogens is 2. The van der Waals surface area contributed by atoms with E-state index in [9.17, 15) is 4.79 Å². The van der Waals surface area contributed by atoms with Crippen molar-refractivity contribution in [3.05, 3.63) is 40.5 Å². The lowest BCUT2D eigenvalue weighted by molar-refractivity contribution is 0.102. The summed E-state index contributed by atoms with van der Waals surface area (Å²) in [6.07, 6.45) is 0.986. The number of hydrogen-bond acceptors (Lipinski definition) is 5. The highest BCUT2D eigenvalue weighted by molar-refractivity contribution is 6.31. The van der Waals surface area contributed by atoms with Crippen LogP contribution >= 0.6 is 11.6 Å². The van der Waals surface area contributed by atoms with Crippen molar-refractivity contribution < 1.29 is 9.53 Å². The lowest BCUT2D eigenvalue weighted by Crippen LogP contribution is -2.15. The predicted octanol–water partition coefficient (Wildman–Crippen LogP) is 3.52. The van der Waals surface area contributed by atoms with Crippen LogP contribution in [-0.4, -0.2) is 29.8 Å². The lowest BCUT2D eigenvalue weighted by atomic mass is 10.2. The SMILES string of the molecule is CCCNc1ccc(C(=O)Nc2cc(C)c(Cl)cc2OC)nn1. The third-order valence-electron chi connectivity index (χ3n) is 3.18. The molecule has 1 amide bonds. The van der Waals surface area contributed by atoms with Crippen molar-refractivity contribution in [2.75, 3.05) is 24.3 Å². The maximum Gasteiger partial charge on any atom is 0.276 e. The number of methoxy groups -OCH3 is 1. The molecule has 7 heteroatoms. The molecule has 23 heavy (non-hydrogen) atoms. The van der Waals surface area contributed by atoms with Gasteiger partial charge >= 0.3 is 0 Å². The average molecular weight is 335 g/mol. The summed E-state index contributed by atoms with van der Waals surface area (Å²) < 4.78 is 5.24. The van der Waals surface area contributed by atoms with E-state index in [4.69, 9.17) is 16.3 Å². The molecule has 2 N–H and O–H groups in total. The minimum absolute atomic E-state index is 0.224. The molecule has 0 aliphatic heterocycles. The number of aryl methyl sites for hydroxylation is 1. The largest absolute Gasteiger partial charge is 0.495 e. The van der Waals surface area contributed by atoms with Crippen molar-refractivity contribution in [3.8, 4) is 5.75 Å². The normalized spacial score (nSPS) is 10.3. The fourth-order valence-corrected chi connectivity index (χ4v) is 2.07. The second-order valence-electron chi connectivity index (χ2n) is 4.99. The standard InChI is InChI=1S/C16H19ClN4O2/c1-4-7-18-15-6-5-12(20-21-15)16(22)19-13-8-10(2)11(17)9-14(13)23-3/h5-6,8-9H,4,7H2,1-3H3,(H,18,21)(H,19,22). The van der Waals surface area contributed by atoms with Crippen LogP contribution in [0.1, 0.15) is 29.4 Å². The third-order valence-corrected chi connectivity index (χ3v) is 3.59. The van der Waals surface area contributed by atoms with E-state index >= 15 is 0 Å². The van der Waals surface area contributed by atoms with Crippen LogP contribution in [0.2, 0.25) is 5.02 Å². The topological polar surface area (TPSA) is 76.1 Å². The molecule has 2 aromatic rings. The number of carbonyl (C=O) groups excluding carboxylic acids is 1. The van der Waals surface area contributed by atoms with Gasteiger partial charge < -0.3 is 15.4 Å². The molecule has 0 aliphatic carbocycles. The monoisotopic (exact) mass is 334 g/mol. The highest BCUT2D eigenvalue weighted by Crippen LogP contribution is 2.31. The zero-order valence-corrected chi connectivity index (χ0v) is 14.1. The van der Waals surface area contributed by atoms with E-state index in [1.165, 1.54) is 7.11 Å². The number of nitrogens with zero attached hydrogens (tertiary/aromatic N) is 2. The van der Waals surface area contributed by atoms with Gasteiger partial charge in [0, 0.05) is 17.6 Å². The Labute approximate surface area is 140 Å². The van der Waals surface area contributed by atoms with Crippen molar-refractivity contribution >= 4 is 29.0 Å². The van der Waals surface area contributed by atoms with E-state index in [0.717, 1.165) is 18.5 Å². The molecule has 0 fully saturated rings. The number of ether oxygens (including phenoxy) is 1. The molecule has 0 saturated carbocycles. The minimum atomic E-state index is -0.362. The average Bonchev–Trinajstić information content (AvgIpc) is 2.56. The maximum absolute atomic E-state index is 12.3. The molecule has 0 spiro atoms. The van der Waals surface area contributed by atoms with Gasteiger partial charge in [0.1, 0.15) is 11.6 Å². The molecular weight excluding hydrogens is 316 g/mol. The molecular formula is C16H19ClN4O2. The fourth-order valence-electron chi connectivity index (χ4n) is 1.92. The summed E-state index contributed by atoms with van der Waals surface area (Å²) in [5.41, 5.74) is 1.60. The molecule has 122 valence electrons. The summed E-state index contributed by atoms with van der Waals surface area (Å²) in [5.74, 6) is 0.769. The van der Waals surface area contributed by atoms with E-state index in [2.05, 4.69) is 27.8 Å². The Bertz CT molecular complexity index is 689. The van der Waals surface area contributed by atoms with Gasteiger partial charge in [-0.15, -0.1) is 10.2 Å². The first-order chi connectivity index (χ1) is 11.0. The number of anilines is 2. The van der Waals surface area contributed by atoms with Crippen LogP contribution in [0.25, 0.3) is 0 Å². The molecule has 2 rings (SSSR count). The third kappa shape index (κ3) is 4.32. The number of rotatable bonds is 6. The fraction of sp³-hybridized carbons (Fsp3) is 0.312. The molecule has 0 aliphatic rings. The van der Waals surface area contributed by atoms with Crippen LogP contribution in [0, 0.1) is 6.92 Å². The van der Waals surface area contributed by atoms with Crippen molar-refractivity contribution in [1.29, 1.82) is 0 Å². The van der Waals surface area contributed by atoms with E-state index in [1.807, 2.05) is 6.92 Å². The van der Waals surface area contributed by atoms with Crippen LogP contribution in [-0.2, 0) is 0 Å². The smallest absolute Gasteiger partial charge is 0.276 e. The van der Waals surface area contributed by atoms with E-state index in [0.29, 0.717) is 22.3 Å². The second kappa shape index (κ2) is 7.78. The summed E-state index contributed by atoms with van der Waals surface area (Å²) in [6.45, 7) is 4.72. The Morgan fingerprint density at radius 2 is 2.09 bits per heavy atom. The molecule has 0 saturated heterocycles. The van der Waals surface area contributed by atoms with Crippen molar-refractivity contribution in [2.45, 2.75) is 20.3 Å². The Morgan fingerprint density at radius 3 is 2.70 bits per heavy atom. The van der Waals surface area contributed by atoms with Crippen LogP contribution in [0.4, 0.5) is 11.5 Å². The Kier molecular flexibility index (Phi) is 5.76. The molecule has 1 aromatic carbocycles. The molecule has 0 bridgehead atoms. The van der Waals surface area contributed by atoms with Crippen molar-refractivity contribution in [3.63, 3.8) is 0 Å². The lowest BCUT2D eigenvalue weighted by Gasteiger charge is -2.12. The van der Waals surface area contributed by atoms with Gasteiger partial charge in [0.05, 0.1) is 12.8 Å². The highest BCUT2D eigenvalue weighted by atomic mass is 35.5. The van der Waals surface area contributed by atoms with Crippen molar-refractivity contribution in [1.82, 2.24) is 10.2 Å². The summed E-state index contributed by atoms with van der Waals surface area (Å²) in [5, 5.41) is 14.4. The van der Waals surface area contributed by atoms with E-state index in [-0.39, 0.29) is 11.6 Å². The highest BCUT2D eigenvalue weighted by Gasteiger charge is 2.13. The number of halogens is 1. The molecule has 6 nitrogen and oxygen atoms in total. The van der Waals surface area contributed by atoms with Gasteiger partial charge in [0.2, 0.25) is 0 Å². The van der Waals surface area contributed by atoms with Gasteiger partial charge in [0.15, 0.2) is 5.69 Å². The maximum atomic E-state index is 12.3. The molecule has 0 atom stereocenters. The summed E-state index contributed by atoms with van der Waals surface area (Å²) in [7, 11) is 1.52. The van der Waals surface area contributed by atoms with E-state index in [1.54, 1.807) is 24.3 Å². The van der Waals surface area contributed by atoms with Gasteiger partial charge in [-0.05, 0) is 37.1 Å². The zero-order valence-electron chi connectivity index (χ0n) is 13.3. The van der Waals surface area contributed by atoms with Crippen LogP contribution in [0.3, 0.4) is 0 Å². The number of carbonyl (C=O) groups is 1. The summed E-state index contributed by atoms with van der Waals surface area (Å²) in [4.78, 5) is 12.3. The number of amides is 1. The van der Waals surface area contributed by atoms with E-state index < -0.39 is 0 Å². The van der Waals surface area contributed by atoms with Crippen molar-refractivity contribution in [2.24, 2.45) is 0 Å². The Balaban J connectivity index is 2.14. The first-order valence-corrected chi connectivity index (χ1v) is 7.66. The quantitative estimate of drug-likeness (QED) is 0.845.